The molecular formula is C27H27N5S. The molecule has 0 spiro atoms. The zero-order valence-corrected chi connectivity index (χ0v) is 19.8. The van der Waals surface area contributed by atoms with Crippen molar-refractivity contribution >= 4 is 23.0 Å². The quantitative estimate of drug-likeness (QED) is 0.383. The fraction of sp³-hybridized carbons (Fsp3) is 0.222. The first kappa shape index (κ1) is 21.3. The van der Waals surface area contributed by atoms with Gasteiger partial charge in [-0.1, -0.05) is 38.1 Å². The molecule has 0 radical (unpaired) electrons. The molecule has 1 aromatic carbocycles. The van der Waals surface area contributed by atoms with Crippen molar-refractivity contribution in [2.75, 3.05) is 4.90 Å². The SMILES string of the molecule is Cc1ccc(-n2cccc2[C@@H]2[C@@H](c3ccccn3)NC(=S)N2c2ccc(C(C)C)cc2)nc1. The average Bonchev–Trinajstić information content (AvgIpc) is 3.44. The second-order valence-corrected chi connectivity index (χ2v) is 9.13. The fourth-order valence-corrected chi connectivity index (χ4v) is 4.75. The van der Waals surface area contributed by atoms with Crippen LogP contribution in [0.3, 0.4) is 0 Å². The molecule has 4 heterocycles. The number of thiocarbonyl (C=S) groups is 1. The summed E-state index contributed by atoms with van der Waals surface area (Å²) in [5.41, 5.74) is 5.55. The number of hydrogen-bond acceptors (Lipinski definition) is 3. The van der Waals surface area contributed by atoms with Crippen LogP contribution in [-0.2, 0) is 0 Å². The Hall–Kier alpha value is -3.51. The van der Waals surface area contributed by atoms with Crippen LogP contribution >= 0.6 is 12.2 Å². The number of nitrogens with zero attached hydrogens (tertiary/aromatic N) is 4. The summed E-state index contributed by atoms with van der Waals surface area (Å²) in [5, 5.41) is 4.24. The highest BCUT2D eigenvalue weighted by molar-refractivity contribution is 7.80. The molecule has 0 amide bonds. The molecule has 1 aliphatic rings. The summed E-state index contributed by atoms with van der Waals surface area (Å²) < 4.78 is 2.14. The lowest BCUT2D eigenvalue weighted by atomic mass is 9.99. The van der Waals surface area contributed by atoms with Gasteiger partial charge in [0.15, 0.2) is 5.11 Å². The lowest BCUT2D eigenvalue weighted by molar-refractivity contribution is 0.548. The van der Waals surface area contributed by atoms with E-state index in [1.807, 2.05) is 31.5 Å². The molecule has 0 bridgehead atoms. The molecular weight excluding hydrogens is 426 g/mol. The first-order valence-corrected chi connectivity index (χ1v) is 11.6. The summed E-state index contributed by atoms with van der Waals surface area (Å²) in [6, 6.07) is 22.9. The van der Waals surface area contributed by atoms with Crippen LogP contribution in [0.15, 0.2) is 85.3 Å². The van der Waals surface area contributed by atoms with Crippen LogP contribution in [-0.4, -0.2) is 19.6 Å². The third kappa shape index (κ3) is 4.02. The minimum Gasteiger partial charge on any atom is -0.351 e. The van der Waals surface area contributed by atoms with E-state index in [0.717, 1.165) is 28.5 Å². The number of pyridine rings is 2. The predicted octanol–water partition coefficient (Wildman–Crippen LogP) is 5.88. The molecule has 1 saturated heterocycles. The van der Waals surface area contributed by atoms with Crippen molar-refractivity contribution in [1.82, 2.24) is 19.9 Å². The first-order chi connectivity index (χ1) is 16.0. The number of benzene rings is 1. The van der Waals surface area contributed by atoms with Crippen molar-refractivity contribution in [3.8, 4) is 5.82 Å². The first-order valence-electron chi connectivity index (χ1n) is 11.2. The Balaban J connectivity index is 1.63. The van der Waals surface area contributed by atoms with Gasteiger partial charge < -0.3 is 14.8 Å². The second-order valence-electron chi connectivity index (χ2n) is 8.74. The molecule has 0 aliphatic carbocycles. The third-order valence-corrected chi connectivity index (χ3v) is 6.48. The molecule has 1 N–H and O–H groups in total. The third-order valence-electron chi connectivity index (χ3n) is 6.16. The minimum absolute atomic E-state index is 0.0876. The van der Waals surface area contributed by atoms with Gasteiger partial charge in [-0.2, -0.15) is 0 Å². The van der Waals surface area contributed by atoms with Crippen LogP contribution < -0.4 is 10.2 Å². The number of rotatable bonds is 5. The van der Waals surface area contributed by atoms with Crippen molar-refractivity contribution in [1.29, 1.82) is 0 Å². The highest BCUT2D eigenvalue weighted by atomic mass is 32.1. The number of nitrogens with one attached hydrogen (secondary N) is 1. The second kappa shape index (κ2) is 8.79. The zero-order chi connectivity index (χ0) is 22.9. The van der Waals surface area contributed by atoms with Crippen LogP contribution in [0.25, 0.3) is 5.82 Å². The Morgan fingerprint density at radius 2 is 1.76 bits per heavy atom. The van der Waals surface area contributed by atoms with Crippen LogP contribution in [0, 0.1) is 6.92 Å². The summed E-state index contributed by atoms with van der Waals surface area (Å²) in [4.78, 5) is 11.5. The summed E-state index contributed by atoms with van der Waals surface area (Å²) in [7, 11) is 0. The molecule has 1 aliphatic heterocycles. The number of hydrogen-bond donors (Lipinski definition) is 1. The Bertz CT molecular complexity index is 1250. The van der Waals surface area contributed by atoms with E-state index >= 15 is 0 Å². The Kier molecular flexibility index (Phi) is 5.68. The summed E-state index contributed by atoms with van der Waals surface area (Å²) in [6.07, 6.45) is 5.79. The zero-order valence-electron chi connectivity index (χ0n) is 19.0. The lowest BCUT2D eigenvalue weighted by Gasteiger charge is -2.29. The minimum atomic E-state index is -0.0948. The molecule has 2 atom stereocenters. The molecule has 6 heteroatoms. The molecule has 0 unspecified atom stereocenters. The van der Waals surface area contributed by atoms with Gasteiger partial charge >= 0.3 is 0 Å². The monoisotopic (exact) mass is 453 g/mol. The van der Waals surface area contributed by atoms with Gasteiger partial charge in [-0.15, -0.1) is 0 Å². The van der Waals surface area contributed by atoms with Gasteiger partial charge in [0.1, 0.15) is 11.9 Å². The van der Waals surface area contributed by atoms with Crippen LogP contribution in [0.4, 0.5) is 5.69 Å². The van der Waals surface area contributed by atoms with E-state index in [2.05, 4.69) is 99.4 Å². The summed E-state index contributed by atoms with van der Waals surface area (Å²) in [6.45, 7) is 6.46. The molecule has 33 heavy (non-hydrogen) atoms. The Labute approximate surface area is 200 Å². The molecule has 5 nitrogen and oxygen atoms in total. The molecule has 4 aromatic rings. The smallest absolute Gasteiger partial charge is 0.174 e. The van der Waals surface area contributed by atoms with Crippen molar-refractivity contribution in [2.24, 2.45) is 0 Å². The maximum Gasteiger partial charge on any atom is 0.174 e. The largest absolute Gasteiger partial charge is 0.351 e. The maximum absolute atomic E-state index is 5.87. The van der Waals surface area contributed by atoms with Crippen molar-refractivity contribution in [3.05, 3.63) is 108 Å². The molecule has 5 rings (SSSR count). The van der Waals surface area contributed by atoms with Gasteiger partial charge in [0.05, 0.1) is 11.7 Å². The van der Waals surface area contributed by atoms with Crippen LogP contribution in [0.2, 0.25) is 0 Å². The highest BCUT2D eigenvalue weighted by Gasteiger charge is 2.42. The van der Waals surface area contributed by atoms with Gasteiger partial charge in [0, 0.05) is 30.0 Å². The molecule has 0 saturated carbocycles. The van der Waals surface area contributed by atoms with Gasteiger partial charge in [-0.05, 0) is 78.7 Å². The number of aryl methyl sites for hydroxylation is 1. The van der Waals surface area contributed by atoms with Gasteiger partial charge in [-0.3, -0.25) is 4.98 Å². The van der Waals surface area contributed by atoms with E-state index in [4.69, 9.17) is 12.2 Å². The highest BCUT2D eigenvalue weighted by Crippen LogP contribution is 2.42. The topological polar surface area (TPSA) is 46.0 Å². The van der Waals surface area contributed by atoms with E-state index in [9.17, 15) is 0 Å². The molecule has 1 fully saturated rings. The summed E-state index contributed by atoms with van der Waals surface area (Å²) in [5.74, 6) is 1.36. The predicted molar refractivity (Wildman–Crippen MR) is 137 cm³/mol. The normalized spacial score (nSPS) is 18.1. The number of anilines is 1. The van der Waals surface area contributed by atoms with E-state index in [0.29, 0.717) is 11.0 Å². The van der Waals surface area contributed by atoms with Crippen molar-refractivity contribution in [3.63, 3.8) is 0 Å². The van der Waals surface area contributed by atoms with Gasteiger partial charge in [-0.25, -0.2) is 4.98 Å². The van der Waals surface area contributed by atoms with Crippen molar-refractivity contribution in [2.45, 2.75) is 38.8 Å². The maximum atomic E-state index is 5.87. The summed E-state index contributed by atoms with van der Waals surface area (Å²) >= 11 is 5.87. The number of aromatic nitrogens is 3. The molecule has 3 aromatic heterocycles. The van der Waals surface area contributed by atoms with Crippen LogP contribution in [0.1, 0.15) is 54.4 Å². The van der Waals surface area contributed by atoms with E-state index < -0.39 is 0 Å². The van der Waals surface area contributed by atoms with Crippen LogP contribution in [0.5, 0.6) is 0 Å². The lowest BCUT2D eigenvalue weighted by Crippen LogP contribution is -2.30. The van der Waals surface area contributed by atoms with Gasteiger partial charge in [0.2, 0.25) is 0 Å². The standard InChI is InChI=1S/C27H27N5S/c1-18(2)20-10-12-21(13-11-20)32-26(25(30-27(32)33)22-7-4-5-15-28-22)23-8-6-16-31(23)24-14-9-19(3)17-29-24/h4-18,25-26H,1-3H3,(H,30,33)/t25-,26-/m1/s1. The van der Waals surface area contributed by atoms with Gasteiger partial charge in [0.25, 0.3) is 0 Å². The van der Waals surface area contributed by atoms with Crippen molar-refractivity contribution < 1.29 is 0 Å². The fourth-order valence-electron chi connectivity index (χ4n) is 4.40. The van der Waals surface area contributed by atoms with E-state index in [-0.39, 0.29) is 12.1 Å². The molecule has 166 valence electrons. The Morgan fingerprint density at radius 1 is 0.939 bits per heavy atom. The average molecular weight is 454 g/mol. The van der Waals surface area contributed by atoms with E-state index in [1.54, 1.807) is 0 Å². The Morgan fingerprint density at radius 3 is 2.42 bits per heavy atom. The van der Waals surface area contributed by atoms with E-state index in [1.165, 1.54) is 5.56 Å².